The molecule has 0 N–H and O–H groups in total. The largest absolute Gasteiger partial charge is 0.368 e. The average molecular weight is 464 g/mol. The number of nitro groups is 1. The Hall–Kier alpha value is -3.62. The maximum absolute atomic E-state index is 13.1. The van der Waals surface area contributed by atoms with Crippen LogP contribution in [0.25, 0.3) is 0 Å². The molecule has 5 rings (SSSR count). The summed E-state index contributed by atoms with van der Waals surface area (Å²) in [5.41, 5.74) is 3.06. The van der Waals surface area contributed by atoms with Gasteiger partial charge in [-0.05, 0) is 37.1 Å². The zero-order valence-corrected chi connectivity index (χ0v) is 19.1. The number of piperazine rings is 1. The number of fused-ring (bicyclic) bond motifs is 3. The van der Waals surface area contributed by atoms with Crippen molar-refractivity contribution in [2.45, 2.75) is 31.7 Å². The number of amides is 2. The molecule has 0 spiro atoms. The third-order valence-corrected chi connectivity index (χ3v) is 7.16. The van der Waals surface area contributed by atoms with Crippen LogP contribution in [0.2, 0.25) is 0 Å². The number of rotatable bonds is 5. The molecule has 9 heteroatoms. The van der Waals surface area contributed by atoms with E-state index in [9.17, 15) is 19.7 Å². The highest BCUT2D eigenvalue weighted by Gasteiger charge is 2.36. The predicted octanol–water partition coefficient (Wildman–Crippen LogP) is 3.04. The maximum Gasteiger partial charge on any atom is 0.269 e. The van der Waals surface area contributed by atoms with Gasteiger partial charge >= 0.3 is 0 Å². The molecule has 2 amide bonds. The van der Waals surface area contributed by atoms with Crippen LogP contribution in [-0.2, 0) is 9.59 Å². The first-order valence-electron chi connectivity index (χ1n) is 11.9. The van der Waals surface area contributed by atoms with Crippen LogP contribution in [0, 0.1) is 10.1 Å². The van der Waals surface area contributed by atoms with E-state index in [-0.39, 0.29) is 30.3 Å². The molecule has 0 saturated carbocycles. The number of benzene rings is 2. The highest BCUT2D eigenvalue weighted by atomic mass is 16.6. The molecule has 34 heavy (non-hydrogen) atoms. The number of carbonyl (C=O) groups is 2. The predicted molar refractivity (Wildman–Crippen MR) is 130 cm³/mol. The number of hydrogen-bond acceptors (Lipinski definition) is 6. The number of carbonyl (C=O) groups excluding carboxylic acids is 2. The molecule has 0 bridgehead atoms. The van der Waals surface area contributed by atoms with Crippen LogP contribution in [0.4, 0.5) is 22.7 Å². The topological polar surface area (TPSA) is 90.2 Å². The van der Waals surface area contributed by atoms with Gasteiger partial charge in [0, 0.05) is 76.0 Å². The first-order chi connectivity index (χ1) is 16.5. The summed E-state index contributed by atoms with van der Waals surface area (Å²) in [6.07, 6.45) is 2.66. The van der Waals surface area contributed by atoms with Gasteiger partial charge in [-0.1, -0.05) is 12.1 Å². The molecule has 1 atom stereocenters. The van der Waals surface area contributed by atoms with Crippen molar-refractivity contribution in [3.63, 3.8) is 0 Å². The molecule has 0 radical (unpaired) electrons. The minimum absolute atomic E-state index is 0.00415. The summed E-state index contributed by atoms with van der Waals surface area (Å²) in [5.74, 6) is 0.0151. The Bertz CT molecular complexity index is 1080. The van der Waals surface area contributed by atoms with Gasteiger partial charge in [0.1, 0.15) is 0 Å². The molecular weight excluding hydrogens is 434 g/mol. The molecule has 2 saturated heterocycles. The van der Waals surface area contributed by atoms with Crippen molar-refractivity contribution in [1.29, 1.82) is 0 Å². The molecule has 9 nitrogen and oxygen atoms in total. The van der Waals surface area contributed by atoms with E-state index in [2.05, 4.69) is 15.9 Å². The Balaban J connectivity index is 1.14. The van der Waals surface area contributed by atoms with Crippen molar-refractivity contribution in [2.75, 3.05) is 54.0 Å². The number of hydrogen-bond donors (Lipinski definition) is 0. The Morgan fingerprint density at radius 3 is 2.26 bits per heavy atom. The number of para-hydroxylation sites is 2. The standard InChI is InChI=1S/C25H29N5O4/c31-24(27-16-14-26(15-17-27)19-7-9-20(10-8-19)30(33)34)11-12-25(32)29-18-21-4-3-13-28(21)22-5-1-2-6-23(22)29/h1-2,5-10,21H,3-4,11-18H2/t21-/m1/s1. The van der Waals surface area contributed by atoms with Gasteiger partial charge in [0.05, 0.1) is 16.3 Å². The van der Waals surface area contributed by atoms with Crippen molar-refractivity contribution in [2.24, 2.45) is 0 Å². The Labute approximate surface area is 198 Å². The summed E-state index contributed by atoms with van der Waals surface area (Å²) in [6, 6.07) is 14.9. The van der Waals surface area contributed by atoms with Gasteiger partial charge in [-0.15, -0.1) is 0 Å². The smallest absolute Gasteiger partial charge is 0.269 e. The van der Waals surface area contributed by atoms with Crippen LogP contribution in [-0.4, -0.2) is 66.9 Å². The minimum Gasteiger partial charge on any atom is -0.368 e. The maximum atomic E-state index is 13.1. The first-order valence-corrected chi connectivity index (χ1v) is 11.9. The van der Waals surface area contributed by atoms with Crippen LogP contribution in [0.5, 0.6) is 0 Å². The normalized spacial score (nSPS) is 19.6. The molecule has 3 aliphatic rings. The van der Waals surface area contributed by atoms with Gasteiger partial charge in [-0.3, -0.25) is 19.7 Å². The molecular formula is C25H29N5O4. The quantitative estimate of drug-likeness (QED) is 0.500. The van der Waals surface area contributed by atoms with Gasteiger partial charge < -0.3 is 19.6 Å². The second-order valence-corrected chi connectivity index (χ2v) is 9.12. The van der Waals surface area contributed by atoms with Crippen LogP contribution in [0.1, 0.15) is 25.7 Å². The fourth-order valence-electron chi connectivity index (χ4n) is 5.33. The second kappa shape index (κ2) is 9.32. The lowest BCUT2D eigenvalue weighted by molar-refractivity contribution is -0.384. The first kappa shape index (κ1) is 22.2. The highest BCUT2D eigenvalue weighted by molar-refractivity contribution is 5.99. The SMILES string of the molecule is O=C(CCC(=O)N1C[C@H]2CCCN2c2ccccc21)N1CCN(c2ccc([N+](=O)[O-])cc2)CC1. The third kappa shape index (κ3) is 4.30. The Kier molecular flexibility index (Phi) is 6.08. The molecule has 0 aromatic heterocycles. The van der Waals surface area contributed by atoms with E-state index in [4.69, 9.17) is 0 Å². The fraction of sp³-hybridized carbons (Fsp3) is 0.440. The van der Waals surface area contributed by atoms with E-state index in [0.29, 0.717) is 38.8 Å². The summed E-state index contributed by atoms with van der Waals surface area (Å²) in [4.78, 5) is 44.6. The third-order valence-electron chi connectivity index (χ3n) is 7.16. The molecule has 2 aromatic rings. The zero-order valence-electron chi connectivity index (χ0n) is 19.1. The lowest BCUT2D eigenvalue weighted by Gasteiger charge is -2.40. The molecule has 3 heterocycles. The van der Waals surface area contributed by atoms with E-state index < -0.39 is 4.92 Å². The van der Waals surface area contributed by atoms with Crippen LogP contribution in [0.15, 0.2) is 48.5 Å². The summed E-state index contributed by atoms with van der Waals surface area (Å²) in [5, 5.41) is 10.8. The highest BCUT2D eigenvalue weighted by Crippen LogP contribution is 2.39. The van der Waals surface area contributed by atoms with Crippen molar-refractivity contribution < 1.29 is 14.5 Å². The number of non-ortho nitro benzene ring substituents is 1. The van der Waals surface area contributed by atoms with Gasteiger partial charge in [0.2, 0.25) is 11.8 Å². The van der Waals surface area contributed by atoms with E-state index in [0.717, 1.165) is 36.4 Å². The molecule has 0 aliphatic carbocycles. The van der Waals surface area contributed by atoms with Gasteiger partial charge in [-0.25, -0.2) is 0 Å². The molecule has 178 valence electrons. The molecule has 2 fully saturated rings. The second-order valence-electron chi connectivity index (χ2n) is 9.12. The molecule has 0 unspecified atom stereocenters. The summed E-state index contributed by atoms with van der Waals surface area (Å²) in [7, 11) is 0. The van der Waals surface area contributed by atoms with Gasteiger partial charge in [-0.2, -0.15) is 0 Å². The summed E-state index contributed by atoms with van der Waals surface area (Å²) >= 11 is 0. The van der Waals surface area contributed by atoms with E-state index >= 15 is 0 Å². The van der Waals surface area contributed by atoms with E-state index in [1.807, 2.05) is 28.0 Å². The van der Waals surface area contributed by atoms with Crippen LogP contribution < -0.4 is 14.7 Å². The van der Waals surface area contributed by atoms with E-state index in [1.54, 1.807) is 12.1 Å². The van der Waals surface area contributed by atoms with Crippen molar-refractivity contribution in [3.8, 4) is 0 Å². The number of anilines is 3. The molecule has 2 aromatic carbocycles. The fourth-order valence-corrected chi connectivity index (χ4v) is 5.33. The number of nitro benzene ring substituents is 1. The lowest BCUT2D eigenvalue weighted by Crippen LogP contribution is -2.50. The summed E-state index contributed by atoms with van der Waals surface area (Å²) in [6.45, 7) is 4.20. The number of nitrogens with zero attached hydrogens (tertiary/aromatic N) is 5. The van der Waals surface area contributed by atoms with Gasteiger partial charge in [0.25, 0.3) is 5.69 Å². The monoisotopic (exact) mass is 463 g/mol. The Morgan fingerprint density at radius 1 is 0.882 bits per heavy atom. The summed E-state index contributed by atoms with van der Waals surface area (Å²) < 4.78 is 0. The van der Waals surface area contributed by atoms with Crippen LogP contribution >= 0.6 is 0 Å². The van der Waals surface area contributed by atoms with E-state index in [1.165, 1.54) is 12.1 Å². The molecule has 3 aliphatic heterocycles. The van der Waals surface area contributed by atoms with Crippen LogP contribution in [0.3, 0.4) is 0 Å². The Morgan fingerprint density at radius 2 is 1.56 bits per heavy atom. The average Bonchev–Trinajstić information content (AvgIpc) is 3.36. The van der Waals surface area contributed by atoms with Crippen molar-refractivity contribution >= 4 is 34.6 Å². The lowest BCUT2D eigenvalue weighted by atomic mass is 10.1. The zero-order chi connectivity index (χ0) is 23.7. The van der Waals surface area contributed by atoms with Gasteiger partial charge in [0.15, 0.2) is 0 Å². The van der Waals surface area contributed by atoms with Crippen molar-refractivity contribution in [1.82, 2.24) is 4.90 Å². The van der Waals surface area contributed by atoms with Crippen molar-refractivity contribution in [3.05, 3.63) is 58.6 Å². The minimum atomic E-state index is -0.409.